The third-order valence-electron chi connectivity index (χ3n) is 2.58. The molecule has 0 radical (unpaired) electrons. The van der Waals surface area contributed by atoms with Gasteiger partial charge in [-0.25, -0.2) is 0 Å². The molecule has 3 nitrogen and oxygen atoms in total. The molecule has 1 unspecified atom stereocenters. The van der Waals surface area contributed by atoms with Gasteiger partial charge in [0.15, 0.2) is 0 Å². The third kappa shape index (κ3) is 2.50. The molecule has 0 aliphatic heterocycles. The monoisotopic (exact) mass is 240 g/mol. The van der Waals surface area contributed by atoms with Crippen LogP contribution in [0.3, 0.4) is 0 Å². The number of aryl methyl sites for hydroxylation is 1. The summed E-state index contributed by atoms with van der Waals surface area (Å²) in [5.74, 6) is -0.749. The third-order valence-corrected chi connectivity index (χ3v) is 3.46. The van der Waals surface area contributed by atoms with E-state index in [4.69, 9.17) is 9.84 Å². The van der Waals surface area contributed by atoms with E-state index >= 15 is 0 Å². The summed E-state index contributed by atoms with van der Waals surface area (Å²) in [5, 5.41) is 9.03. The van der Waals surface area contributed by atoms with E-state index in [1.165, 1.54) is 0 Å². The van der Waals surface area contributed by atoms with Gasteiger partial charge in [-0.2, -0.15) is 0 Å². The average Bonchev–Trinajstić information content (AvgIpc) is 2.27. The Labute approximate surface area is 99.8 Å². The van der Waals surface area contributed by atoms with E-state index in [1.54, 1.807) is 25.8 Å². The van der Waals surface area contributed by atoms with Crippen LogP contribution in [0.15, 0.2) is 17.0 Å². The van der Waals surface area contributed by atoms with E-state index in [2.05, 4.69) is 0 Å². The van der Waals surface area contributed by atoms with Crippen LogP contribution in [-0.2, 0) is 4.79 Å². The van der Waals surface area contributed by atoms with E-state index in [9.17, 15) is 4.79 Å². The van der Waals surface area contributed by atoms with Crippen molar-refractivity contribution in [3.05, 3.63) is 23.3 Å². The van der Waals surface area contributed by atoms with Crippen LogP contribution in [0, 0.1) is 6.92 Å². The molecule has 1 aromatic rings. The van der Waals surface area contributed by atoms with Crippen molar-refractivity contribution in [1.82, 2.24) is 0 Å². The lowest BCUT2D eigenvalue weighted by atomic mass is 9.99. The standard InChI is InChI=1S/C12H16O3S/c1-7-5-10(15-3)9(6-11(7)16-4)8(2)12(13)14/h5-6,8H,1-4H3,(H,13,14). The second-order valence-electron chi connectivity index (χ2n) is 3.62. The number of benzene rings is 1. The Kier molecular flexibility index (Phi) is 4.24. The SMILES string of the molecule is COc1cc(C)c(SC)cc1C(C)C(=O)O. The number of aliphatic carboxylic acids is 1. The molecule has 0 bridgehead atoms. The van der Waals surface area contributed by atoms with Gasteiger partial charge >= 0.3 is 5.97 Å². The minimum atomic E-state index is -0.839. The van der Waals surface area contributed by atoms with Crippen LogP contribution >= 0.6 is 11.8 Å². The maximum absolute atomic E-state index is 11.0. The Bertz CT molecular complexity index is 401. The lowest BCUT2D eigenvalue weighted by Crippen LogP contribution is -2.09. The predicted octanol–water partition coefficient (Wildman–Crippen LogP) is 2.91. The molecule has 88 valence electrons. The van der Waals surface area contributed by atoms with Crippen LogP contribution in [0.25, 0.3) is 0 Å². The second-order valence-corrected chi connectivity index (χ2v) is 4.47. The zero-order chi connectivity index (χ0) is 12.3. The summed E-state index contributed by atoms with van der Waals surface area (Å²) in [5.41, 5.74) is 1.83. The molecule has 0 spiro atoms. The predicted molar refractivity (Wildman–Crippen MR) is 65.6 cm³/mol. The first kappa shape index (κ1) is 12.9. The van der Waals surface area contributed by atoms with Gasteiger partial charge in [0.1, 0.15) is 5.75 Å². The van der Waals surface area contributed by atoms with Gasteiger partial charge in [0.25, 0.3) is 0 Å². The maximum atomic E-state index is 11.0. The van der Waals surface area contributed by atoms with Crippen LogP contribution in [0.1, 0.15) is 24.0 Å². The molecule has 1 atom stereocenters. The highest BCUT2D eigenvalue weighted by atomic mass is 32.2. The highest BCUT2D eigenvalue weighted by Crippen LogP contribution is 2.33. The zero-order valence-electron chi connectivity index (χ0n) is 9.90. The molecule has 0 aliphatic rings. The Morgan fingerprint density at radius 3 is 2.56 bits per heavy atom. The van der Waals surface area contributed by atoms with Gasteiger partial charge in [-0.05, 0) is 37.8 Å². The molecule has 0 aliphatic carbocycles. The molecular weight excluding hydrogens is 224 g/mol. The first-order valence-corrected chi connectivity index (χ1v) is 6.19. The summed E-state index contributed by atoms with van der Waals surface area (Å²) in [6.07, 6.45) is 1.98. The van der Waals surface area contributed by atoms with Crippen LogP contribution < -0.4 is 4.74 Å². The molecule has 4 heteroatoms. The van der Waals surface area contributed by atoms with E-state index in [0.29, 0.717) is 5.75 Å². The average molecular weight is 240 g/mol. The van der Waals surface area contributed by atoms with E-state index in [1.807, 2.05) is 25.3 Å². The molecule has 0 heterocycles. The number of rotatable bonds is 4. The molecule has 0 saturated heterocycles. The van der Waals surface area contributed by atoms with E-state index in [-0.39, 0.29) is 0 Å². The van der Waals surface area contributed by atoms with E-state index < -0.39 is 11.9 Å². The minimum Gasteiger partial charge on any atom is -0.496 e. The summed E-state index contributed by atoms with van der Waals surface area (Å²) in [7, 11) is 1.56. The van der Waals surface area contributed by atoms with Crippen LogP contribution in [-0.4, -0.2) is 24.4 Å². The van der Waals surface area contributed by atoms with Crippen LogP contribution in [0.5, 0.6) is 5.75 Å². The number of carbonyl (C=O) groups is 1. The lowest BCUT2D eigenvalue weighted by molar-refractivity contribution is -0.138. The number of ether oxygens (including phenoxy) is 1. The van der Waals surface area contributed by atoms with Crippen molar-refractivity contribution in [2.75, 3.05) is 13.4 Å². The summed E-state index contributed by atoms with van der Waals surface area (Å²) < 4.78 is 5.22. The lowest BCUT2D eigenvalue weighted by Gasteiger charge is -2.15. The molecule has 1 N–H and O–H groups in total. The normalized spacial score (nSPS) is 12.2. The van der Waals surface area contributed by atoms with Crippen molar-refractivity contribution < 1.29 is 14.6 Å². The number of thioether (sulfide) groups is 1. The quantitative estimate of drug-likeness (QED) is 0.822. The Balaban J connectivity index is 3.29. The summed E-state index contributed by atoms with van der Waals surface area (Å²) in [4.78, 5) is 12.1. The van der Waals surface area contributed by atoms with Crippen LogP contribution in [0.2, 0.25) is 0 Å². The molecule has 16 heavy (non-hydrogen) atoms. The number of hydrogen-bond acceptors (Lipinski definition) is 3. The van der Waals surface area contributed by atoms with Crippen molar-refractivity contribution in [3.8, 4) is 5.75 Å². The van der Waals surface area contributed by atoms with Crippen molar-refractivity contribution in [3.63, 3.8) is 0 Å². The van der Waals surface area contributed by atoms with Gasteiger partial charge in [0.05, 0.1) is 13.0 Å². The van der Waals surface area contributed by atoms with Crippen molar-refractivity contribution in [2.45, 2.75) is 24.7 Å². The van der Waals surface area contributed by atoms with Crippen molar-refractivity contribution in [2.24, 2.45) is 0 Å². The Morgan fingerprint density at radius 2 is 2.12 bits per heavy atom. The first-order chi connectivity index (χ1) is 7.51. The molecule has 0 fully saturated rings. The van der Waals surface area contributed by atoms with E-state index in [0.717, 1.165) is 16.0 Å². The second kappa shape index (κ2) is 5.25. The fourth-order valence-electron chi connectivity index (χ4n) is 1.55. The molecule has 0 aromatic heterocycles. The number of carboxylic acids is 1. The number of methoxy groups -OCH3 is 1. The van der Waals surface area contributed by atoms with Gasteiger partial charge in [-0.15, -0.1) is 11.8 Å². The largest absolute Gasteiger partial charge is 0.496 e. The number of hydrogen-bond donors (Lipinski definition) is 1. The number of carboxylic acid groups (broad SMARTS) is 1. The van der Waals surface area contributed by atoms with Gasteiger partial charge in [-0.1, -0.05) is 0 Å². The molecule has 0 saturated carbocycles. The van der Waals surface area contributed by atoms with Gasteiger partial charge in [-0.3, -0.25) is 4.79 Å². The van der Waals surface area contributed by atoms with Gasteiger partial charge in [0, 0.05) is 10.5 Å². The fraction of sp³-hybridized carbons (Fsp3) is 0.417. The minimum absolute atomic E-state index is 0.554. The van der Waals surface area contributed by atoms with Crippen molar-refractivity contribution >= 4 is 17.7 Å². The zero-order valence-corrected chi connectivity index (χ0v) is 10.7. The topological polar surface area (TPSA) is 46.5 Å². The summed E-state index contributed by atoms with van der Waals surface area (Å²) in [6, 6.07) is 3.79. The summed E-state index contributed by atoms with van der Waals surface area (Å²) >= 11 is 1.61. The Morgan fingerprint density at radius 1 is 1.50 bits per heavy atom. The maximum Gasteiger partial charge on any atom is 0.310 e. The molecule has 1 rings (SSSR count). The molecular formula is C12H16O3S. The highest BCUT2D eigenvalue weighted by Gasteiger charge is 2.19. The fourth-order valence-corrected chi connectivity index (χ4v) is 2.17. The molecule has 0 amide bonds. The molecule has 1 aromatic carbocycles. The smallest absolute Gasteiger partial charge is 0.310 e. The first-order valence-electron chi connectivity index (χ1n) is 4.96. The van der Waals surface area contributed by atoms with Gasteiger partial charge in [0.2, 0.25) is 0 Å². The summed E-state index contributed by atoms with van der Waals surface area (Å²) in [6.45, 7) is 3.66. The highest BCUT2D eigenvalue weighted by molar-refractivity contribution is 7.98. The van der Waals surface area contributed by atoms with Crippen molar-refractivity contribution in [1.29, 1.82) is 0 Å². The van der Waals surface area contributed by atoms with Crippen LogP contribution in [0.4, 0.5) is 0 Å². The van der Waals surface area contributed by atoms with Gasteiger partial charge < -0.3 is 9.84 Å². The Hall–Kier alpha value is -1.16.